The zero-order valence-electron chi connectivity index (χ0n) is 20.1. The van der Waals surface area contributed by atoms with Gasteiger partial charge < -0.3 is 15.5 Å². The molecule has 3 unspecified atom stereocenters. The molecule has 1 aromatic heterocycles. The number of allylic oxidation sites excluding steroid dienone is 1. The summed E-state index contributed by atoms with van der Waals surface area (Å²) in [5, 5.41) is 1.37. The Morgan fingerprint density at radius 2 is 2.18 bits per heavy atom. The molecule has 1 aliphatic heterocycles. The van der Waals surface area contributed by atoms with Crippen LogP contribution in [0.25, 0.3) is 10.9 Å². The predicted octanol–water partition coefficient (Wildman–Crippen LogP) is 4.57. The standard InChI is InChI=1S/C26H38N4O2S/c1-5-9-17(4)12-13-21(29-30-25(27)33)22(31)16-26(7-3)24-20(14-15-32-26)19-11-8-10-18(6-2)23(19)28-24/h5,8,10-11,17,21,28-29H,1,6-7,9,12-16H2,2-4H3,(H3,27,30,33). The number of carbonyl (C=O) groups excluding carboxylic acids is 1. The van der Waals surface area contributed by atoms with Crippen LogP contribution in [0.3, 0.4) is 0 Å². The van der Waals surface area contributed by atoms with Crippen molar-refractivity contribution in [2.24, 2.45) is 11.7 Å². The number of carbonyl (C=O) groups is 1. The summed E-state index contributed by atoms with van der Waals surface area (Å²) in [7, 11) is 0. The van der Waals surface area contributed by atoms with Crippen LogP contribution in [0.1, 0.15) is 69.7 Å². The molecule has 0 spiro atoms. The third kappa shape index (κ3) is 5.65. The highest BCUT2D eigenvalue weighted by atomic mass is 32.1. The summed E-state index contributed by atoms with van der Waals surface area (Å²) in [6.45, 7) is 10.9. The van der Waals surface area contributed by atoms with Gasteiger partial charge in [-0.3, -0.25) is 10.2 Å². The van der Waals surface area contributed by atoms with Crippen molar-refractivity contribution in [2.45, 2.75) is 77.4 Å². The lowest BCUT2D eigenvalue weighted by molar-refractivity contribution is -0.133. The minimum atomic E-state index is -0.662. The van der Waals surface area contributed by atoms with Crippen LogP contribution in [0, 0.1) is 5.92 Å². The molecule has 0 bridgehead atoms. The molecule has 3 rings (SSSR count). The summed E-state index contributed by atoms with van der Waals surface area (Å²) in [6, 6.07) is 6.05. The van der Waals surface area contributed by atoms with Gasteiger partial charge >= 0.3 is 0 Å². The molecule has 1 aromatic carbocycles. The Kier molecular flexibility index (Phi) is 8.68. The Morgan fingerprint density at radius 3 is 2.85 bits per heavy atom. The molecule has 7 heteroatoms. The molecule has 33 heavy (non-hydrogen) atoms. The van der Waals surface area contributed by atoms with Gasteiger partial charge in [0.2, 0.25) is 0 Å². The smallest absolute Gasteiger partial charge is 0.178 e. The van der Waals surface area contributed by atoms with Crippen molar-refractivity contribution in [2.75, 3.05) is 6.61 Å². The maximum Gasteiger partial charge on any atom is 0.178 e. The summed E-state index contributed by atoms with van der Waals surface area (Å²) in [5.41, 5.74) is 15.6. The van der Waals surface area contributed by atoms with Crippen LogP contribution in [0.2, 0.25) is 0 Å². The van der Waals surface area contributed by atoms with E-state index in [4.69, 9.17) is 22.7 Å². The number of para-hydroxylation sites is 1. The van der Waals surface area contributed by atoms with E-state index in [2.05, 4.69) is 61.4 Å². The number of aromatic nitrogens is 1. The van der Waals surface area contributed by atoms with Gasteiger partial charge in [0.05, 0.1) is 18.3 Å². The number of rotatable bonds is 12. The van der Waals surface area contributed by atoms with Crippen LogP contribution in [0.15, 0.2) is 30.9 Å². The maximum atomic E-state index is 13.6. The first-order chi connectivity index (χ1) is 15.8. The number of benzene rings is 1. The minimum absolute atomic E-state index is 0.0913. The van der Waals surface area contributed by atoms with Crippen molar-refractivity contribution in [1.82, 2.24) is 15.8 Å². The lowest BCUT2D eigenvalue weighted by atomic mass is 9.82. The van der Waals surface area contributed by atoms with Crippen LogP contribution >= 0.6 is 12.2 Å². The molecule has 2 heterocycles. The van der Waals surface area contributed by atoms with Gasteiger partial charge in [-0.15, -0.1) is 6.58 Å². The van der Waals surface area contributed by atoms with E-state index in [-0.39, 0.29) is 17.3 Å². The fourth-order valence-corrected chi connectivity index (χ4v) is 5.03. The first-order valence-electron chi connectivity index (χ1n) is 12.1. The van der Waals surface area contributed by atoms with Crippen molar-refractivity contribution >= 4 is 34.0 Å². The topological polar surface area (TPSA) is 92.2 Å². The highest BCUT2D eigenvalue weighted by Gasteiger charge is 2.42. The highest BCUT2D eigenvalue weighted by molar-refractivity contribution is 7.80. The summed E-state index contributed by atoms with van der Waals surface area (Å²) in [6.07, 6.45) is 7.22. The van der Waals surface area contributed by atoms with Gasteiger partial charge in [0.1, 0.15) is 5.60 Å². The second-order valence-corrected chi connectivity index (χ2v) is 9.59. The van der Waals surface area contributed by atoms with Crippen LogP contribution in [-0.2, 0) is 28.0 Å². The number of H-pyrrole nitrogens is 1. The number of hydrogen-bond donors (Lipinski definition) is 4. The number of fused-ring (bicyclic) bond motifs is 3. The van der Waals surface area contributed by atoms with E-state index in [1.54, 1.807) is 0 Å². The Labute approximate surface area is 202 Å². The minimum Gasteiger partial charge on any atom is -0.375 e. The summed E-state index contributed by atoms with van der Waals surface area (Å²) >= 11 is 4.95. The van der Waals surface area contributed by atoms with Crippen molar-refractivity contribution in [3.8, 4) is 0 Å². The van der Waals surface area contributed by atoms with E-state index in [0.717, 1.165) is 31.4 Å². The molecule has 0 fully saturated rings. The Hall–Kier alpha value is -2.22. The number of Topliss-reactive ketones (excluding diaryl/α,β-unsaturated/α-hetero) is 1. The third-order valence-corrected chi connectivity index (χ3v) is 7.00. The van der Waals surface area contributed by atoms with Gasteiger partial charge in [-0.1, -0.05) is 45.0 Å². The average molecular weight is 471 g/mol. The van der Waals surface area contributed by atoms with Crippen LogP contribution < -0.4 is 16.6 Å². The number of nitrogens with one attached hydrogen (secondary N) is 3. The number of ether oxygens (including phenoxy) is 1. The van der Waals surface area contributed by atoms with E-state index in [1.165, 1.54) is 22.0 Å². The Balaban J connectivity index is 1.89. The molecular formula is C26H38N4O2S. The zero-order valence-corrected chi connectivity index (χ0v) is 20.9. The van der Waals surface area contributed by atoms with Gasteiger partial charge in [0.25, 0.3) is 0 Å². The Morgan fingerprint density at radius 1 is 1.39 bits per heavy atom. The molecule has 0 saturated heterocycles. The number of hydrazine groups is 1. The Bertz CT molecular complexity index is 1000. The lowest BCUT2D eigenvalue weighted by Crippen LogP contribution is -2.51. The van der Waals surface area contributed by atoms with Crippen molar-refractivity contribution in [3.63, 3.8) is 0 Å². The van der Waals surface area contributed by atoms with Crippen LogP contribution in [0.4, 0.5) is 0 Å². The van der Waals surface area contributed by atoms with E-state index in [1.807, 2.05) is 6.08 Å². The number of hydrogen-bond acceptors (Lipinski definition) is 4. The molecule has 0 saturated carbocycles. The van der Waals surface area contributed by atoms with Crippen molar-refractivity contribution in [1.29, 1.82) is 0 Å². The lowest BCUT2D eigenvalue weighted by Gasteiger charge is -2.37. The molecule has 3 atom stereocenters. The van der Waals surface area contributed by atoms with Gasteiger partial charge in [-0.05, 0) is 67.8 Å². The summed E-state index contributed by atoms with van der Waals surface area (Å²) < 4.78 is 6.39. The molecule has 6 nitrogen and oxygen atoms in total. The van der Waals surface area contributed by atoms with Crippen LogP contribution in [-0.4, -0.2) is 28.5 Å². The van der Waals surface area contributed by atoms with E-state index < -0.39 is 11.6 Å². The number of aryl methyl sites for hydroxylation is 1. The molecule has 1 aliphatic rings. The monoisotopic (exact) mass is 470 g/mol. The first-order valence-corrected chi connectivity index (χ1v) is 12.5. The number of aromatic amines is 1. The second-order valence-electron chi connectivity index (χ2n) is 9.15. The van der Waals surface area contributed by atoms with Crippen molar-refractivity contribution in [3.05, 3.63) is 47.7 Å². The van der Waals surface area contributed by atoms with Gasteiger partial charge in [-0.25, -0.2) is 5.43 Å². The summed E-state index contributed by atoms with van der Waals surface area (Å²) in [4.78, 5) is 17.3. The quantitative estimate of drug-likeness (QED) is 0.206. The van der Waals surface area contributed by atoms with E-state index in [9.17, 15) is 4.79 Å². The molecule has 0 radical (unpaired) electrons. The largest absolute Gasteiger partial charge is 0.375 e. The average Bonchev–Trinajstić information content (AvgIpc) is 3.19. The molecule has 180 valence electrons. The van der Waals surface area contributed by atoms with E-state index >= 15 is 0 Å². The van der Waals surface area contributed by atoms with E-state index in [0.29, 0.717) is 25.4 Å². The fourth-order valence-electron chi connectivity index (χ4n) is 4.97. The molecule has 5 N–H and O–H groups in total. The normalized spacial score (nSPS) is 19.6. The first kappa shape index (κ1) is 25.4. The molecule has 0 amide bonds. The van der Waals surface area contributed by atoms with Crippen LogP contribution in [0.5, 0.6) is 0 Å². The number of thiocarbonyl (C=S) groups is 1. The predicted molar refractivity (Wildman–Crippen MR) is 139 cm³/mol. The van der Waals surface area contributed by atoms with Crippen molar-refractivity contribution < 1.29 is 9.53 Å². The molecule has 0 aliphatic carbocycles. The number of ketones is 1. The van der Waals surface area contributed by atoms with Gasteiger partial charge in [0.15, 0.2) is 10.9 Å². The maximum absolute atomic E-state index is 13.6. The fraction of sp³-hybridized carbons (Fsp3) is 0.538. The van der Waals surface area contributed by atoms with Gasteiger partial charge in [0, 0.05) is 17.3 Å². The summed E-state index contributed by atoms with van der Waals surface area (Å²) in [5.74, 6) is 0.539. The van der Waals surface area contributed by atoms with Gasteiger partial charge in [-0.2, -0.15) is 0 Å². The molecule has 2 aromatic rings. The zero-order chi connectivity index (χ0) is 24.0. The third-order valence-electron chi connectivity index (χ3n) is 6.90. The second kappa shape index (κ2) is 11.3. The molecular weight excluding hydrogens is 432 g/mol. The number of nitrogens with two attached hydrogens (primary N) is 1. The SMILES string of the molecule is C=CCC(C)CCC(NNC(N)=S)C(=O)CC1(CC)OCCc2c1[nH]c1c(CC)cccc21. The highest BCUT2D eigenvalue weighted by Crippen LogP contribution is 2.42.